The van der Waals surface area contributed by atoms with Crippen molar-refractivity contribution in [1.82, 2.24) is 0 Å². The van der Waals surface area contributed by atoms with Crippen molar-refractivity contribution in [2.24, 2.45) is 0 Å². The molecule has 0 unspecified atom stereocenters. The third-order valence-electron chi connectivity index (χ3n) is 3.57. The van der Waals surface area contributed by atoms with Crippen LogP contribution < -0.4 is 14.4 Å². The number of rotatable bonds is 8. The van der Waals surface area contributed by atoms with E-state index in [1.807, 2.05) is 6.07 Å². The molecule has 0 aromatic heterocycles. The Bertz CT molecular complexity index is 798. The Kier molecular flexibility index (Phi) is 7.84. The molecule has 1 aromatic rings. The maximum Gasteiger partial charge on any atom is 0.331 e. The van der Waals surface area contributed by atoms with Crippen LogP contribution in [0.5, 0.6) is 11.5 Å². The Balaban J connectivity index is 2.02. The smallest absolute Gasteiger partial charge is 0.331 e. The van der Waals surface area contributed by atoms with Crippen molar-refractivity contribution in [3.63, 3.8) is 0 Å². The van der Waals surface area contributed by atoms with Crippen molar-refractivity contribution in [3.8, 4) is 17.6 Å². The summed E-state index contributed by atoms with van der Waals surface area (Å²) in [6.45, 7) is 2.22. The zero-order chi connectivity index (χ0) is 20.4. The molecule has 0 fully saturated rings. The van der Waals surface area contributed by atoms with E-state index in [9.17, 15) is 14.4 Å². The molecule has 1 aliphatic heterocycles. The zero-order valence-electron chi connectivity index (χ0n) is 15.4. The fraction of sp³-hybridized carbons (Fsp3) is 0.368. The van der Waals surface area contributed by atoms with Gasteiger partial charge in [-0.05, 0) is 19.1 Å². The minimum atomic E-state index is -0.858. The lowest BCUT2D eigenvalue weighted by Crippen LogP contribution is -2.35. The molecule has 0 aliphatic carbocycles. The Labute approximate surface area is 162 Å². The number of hydrogen-bond acceptors (Lipinski definition) is 8. The lowest BCUT2D eigenvalue weighted by molar-refractivity contribution is -0.143. The average molecular weight is 388 g/mol. The second-order valence-electron chi connectivity index (χ2n) is 5.47. The molecule has 1 aliphatic rings. The molecule has 0 atom stereocenters. The highest BCUT2D eigenvalue weighted by Crippen LogP contribution is 2.34. The minimum Gasteiger partial charge on any atom is -0.486 e. The highest BCUT2D eigenvalue weighted by atomic mass is 16.6. The predicted molar refractivity (Wildman–Crippen MR) is 96.7 cm³/mol. The second-order valence-corrected chi connectivity index (χ2v) is 5.47. The van der Waals surface area contributed by atoms with E-state index in [0.29, 0.717) is 30.4 Å². The van der Waals surface area contributed by atoms with Crippen LogP contribution in [0.3, 0.4) is 0 Å². The number of carbonyl (C=O) groups excluding carboxylic acids is 3. The molecular formula is C19H20N2O7. The van der Waals surface area contributed by atoms with Crippen LogP contribution in [0.2, 0.25) is 0 Å². The monoisotopic (exact) mass is 388 g/mol. The van der Waals surface area contributed by atoms with Gasteiger partial charge < -0.3 is 23.8 Å². The first-order chi connectivity index (χ1) is 13.5. The van der Waals surface area contributed by atoms with Gasteiger partial charge >= 0.3 is 11.9 Å². The fourth-order valence-electron chi connectivity index (χ4n) is 2.34. The van der Waals surface area contributed by atoms with E-state index >= 15 is 0 Å². The van der Waals surface area contributed by atoms with Gasteiger partial charge in [0.05, 0.1) is 19.1 Å². The molecule has 1 heterocycles. The largest absolute Gasteiger partial charge is 0.486 e. The Morgan fingerprint density at radius 1 is 1.14 bits per heavy atom. The molecule has 0 N–H and O–H groups in total. The highest BCUT2D eigenvalue weighted by Gasteiger charge is 2.20. The van der Waals surface area contributed by atoms with Crippen LogP contribution in [0.4, 0.5) is 5.69 Å². The summed E-state index contributed by atoms with van der Waals surface area (Å²) in [5.74, 6) is -1.00. The lowest BCUT2D eigenvalue weighted by Gasteiger charge is -2.24. The van der Waals surface area contributed by atoms with Gasteiger partial charge in [0.25, 0.3) is 5.91 Å². The number of fused-ring (bicyclic) bond motifs is 1. The van der Waals surface area contributed by atoms with Crippen molar-refractivity contribution >= 4 is 23.5 Å². The number of carbonyl (C=O) groups is 3. The van der Waals surface area contributed by atoms with Crippen molar-refractivity contribution in [3.05, 3.63) is 30.4 Å². The normalized spacial score (nSPS) is 12.1. The summed E-state index contributed by atoms with van der Waals surface area (Å²) in [4.78, 5) is 36.7. The molecule has 9 heteroatoms. The standard InChI is InChI=1S/C19H20N2O7/c1-2-25-18(23)6-7-19(24)28-13-17(22)21(9-3-8-20)14-4-5-15-16(12-14)27-11-10-26-15/h4-7,12H,2-3,9-11,13H2,1H3/b7-6+. The third kappa shape index (κ3) is 6.02. The van der Waals surface area contributed by atoms with Crippen molar-refractivity contribution in [2.45, 2.75) is 13.3 Å². The van der Waals surface area contributed by atoms with E-state index in [2.05, 4.69) is 4.74 Å². The van der Waals surface area contributed by atoms with Crippen molar-refractivity contribution < 1.29 is 33.3 Å². The van der Waals surface area contributed by atoms with Crippen LogP contribution in [-0.4, -0.2) is 50.8 Å². The maximum absolute atomic E-state index is 12.5. The number of amides is 1. The van der Waals surface area contributed by atoms with Crippen molar-refractivity contribution in [2.75, 3.05) is 37.9 Å². The van der Waals surface area contributed by atoms with Crippen LogP contribution in [0.25, 0.3) is 0 Å². The topological polar surface area (TPSA) is 115 Å². The van der Waals surface area contributed by atoms with Gasteiger partial charge in [0.1, 0.15) is 13.2 Å². The number of benzene rings is 1. The summed E-state index contributed by atoms with van der Waals surface area (Å²) in [5.41, 5.74) is 0.489. The number of nitrogens with zero attached hydrogens (tertiary/aromatic N) is 2. The average Bonchev–Trinajstić information content (AvgIpc) is 2.71. The zero-order valence-corrected chi connectivity index (χ0v) is 15.4. The van der Waals surface area contributed by atoms with E-state index in [4.69, 9.17) is 19.5 Å². The highest BCUT2D eigenvalue weighted by molar-refractivity contribution is 5.97. The molecule has 28 heavy (non-hydrogen) atoms. The molecule has 148 valence electrons. The minimum absolute atomic E-state index is 0.0941. The van der Waals surface area contributed by atoms with E-state index < -0.39 is 24.5 Å². The molecule has 0 saturated heterocycles. The fourth-order valence-corrected chi connectivity index (χ4v) is 2.34. The van der Waals surface area contributed by atoms with Gasteiger partial charge in [-0.2, -0.15) is 5.26 Å². The van der Waals surface area contributed by atoms with E-state index in [1.165, 1.54) is 4.90 Å². The third-order valence-corrected chi connectivity index (χ3v) is 3.57. The van der Waals surface area contributed by atoms with Gasteiger partial charge in [-0.3, -0.25) is 4.79 Å². The molecule has 0 saturated carbocycles. The molecule has 0 bridgehead atoms. The Morgan fingerprint density at radius 2 is 1.82 bits per heavy atom. The molecule has 0 spiro atoms. The summed E-state index contributed by atoms with van der Waals surface area (Å²) >= 11 is 0. The summed E-state index contributed by atoms with van der Waals surface area (Å²) in [7, 11) is 0. The SMILES string of the molecule is CCOC(=O)/C=C/C(=O)OCC(=O)N(CCC#N)c1ccc2c(c1)OCCO2. The van der Waals surface area contributed by atoms with E-state index in [-0.39, 0.29) is 19.6 Å². The predicted octanol–water partition coefficient (Wildman–Crippen LogP) is 1.37. The first kappa shape index (κ1) is 20.8. The van der Waals surface area contributed by atoms with Gasteiger partial charge in [0, 0.05) is 30.5 Å². The van der Waals surface area contributed by atoms with Crippen LogP contribution in [-0.2, 0) is 23.9 Å². The maximum atomic E-state index is 12.5. The summed E-state index contributed by atoms with van der Waals surface area (Å²) in [6, 6.07) is 6.93. The van der Waals surface area contributed by atoms with Gasteiger partial charge in [0.2, 0.25) is 0 Å². The molecule has 1 aromatic carbocycles. The quantitative estimate of drug-likeness (QED) is 0.484. The molecular weight excluding hydrogens is 368 g/mol. The first-order valence-corrected chi connectivity index (χ1v) is 8.63. The van der Waals surface area contributed by atoms with Gasteiger partial charge in [-0.15, -0.1) is 0 Å². The van der Waals surface area contributed by atoms with Crippen molar-refractivity contribution in [1.29, 1.82) is 5.26 Å². The molecule has 2 rings (SSSR count). The Hall–Kier alpha value is -3.54. The van der Waals surface area contributed by atoms with Crippen LogP contribution in [0.15, 0.2) is 30.4 Å². The number of nitriles is 1. The molecule has 9 nitrogen and oxygen atoms in total. The first-order valence-electron chi connectivity index (χ1n) is 8.63. The van der Waals surface area contributed by atoms with Crippen LogP contribution in [0, 0.1) is 11.3 Å². The molecule has 1 amide bonds. The Morgan fingerprint density at radius 3 is 2.50 bits per heavy atom. The van der Waals surface area contributed by atoms with Crippen LogP contribution >= 0.6 is 0 Å². The van der Waals surface area contributed by atoms with E-state index in [1.54, 1.807) is 25.1 Å². The summed E-state index contributed by atoms with van der Waals surface area (Å²) in [5, 5.41) is 8.85. The molecule has 0 radical (unpaired) electrons. The number of esters is 2. The van der Waals surface area contributed by atoms with E-state index in [0.717, 1.165) is 12.2 Å². The number of hydrogen-bond donors (Lipinski definition) is 0. The second kappa shape index (κ2) is 10.6. The van der Waals surface area contributed by atoms with Crippen LogP contribution in [0.1, 0.15) is 13.3 Å². The number of ether oxygens (including phenoxy) is 4. The summed E-state index contributed by atoms with van der Waals surface area (Å²) < 4.78 is 20.5. The number of anilines is 1. The summed E-state index contributed by atoms with van der Waals surface area (Å²) in [6.07, 6.45) is 1.90. The van der Waals surface area contributed by atoms with Gasteiger partial charge in [-0.1, -0.05) is 0 Å². The van der Waals surface area contributed by atoms with Gasteiger partial charge in [0.15, 0.2) is 18.1 Å². The van der Waals surface area contributed by atoms with Gasteiger partial charge in [-0.25, -0.2) is 9.59 Å². The lowest BCUT2D eigenvalue weighted by atomic mass is 10.2.